The third-order valence-corrected chi connectivity index (χ3v) is 3.37. The highest BCUT2D eigenvalue weighted by molar-refractivity contribution is 5.93. The maximum atomic E-state index is 12.4. The van der Waals surface area contributed by atoms with Gasteiger partial charge in [-0.15, -0.1) is 0 Å². The summed E-state index contributed by atoms with van der Waals surface area (Å²) in [5, 5.41) is 22.4. The van der Waals surface area contributed by atoms with Crippen LogP contribution in [0.25, 0.3) is 0 Å². The van der Waals surface area contributed by atoms with Gasteiger partial charge < -0.3 is 32.3 Å². The van der Waals surface area contributed by atoms with Crippen molar-refractivity contribution in [3.8, 4) is 0 Å². The predicted molar refractivity (Wildman–Crippen MR) is 89.6 cm³/mol. The highest BCUT2D eigenvalue weighted by atomic mass is 16.4. The first-order valence-electron chi connectivity index (χ1n) is 8.03. The van der Waals surface area contributed by atoms with Crippen LogP contribution in [0.5, 0.6) is 0 Å². The molecule has 0 aromatic heterocycles. The van der Waals surface area contributed by atoms with Crippen molar-refractivity contribution < 1.29 is 34.2 Å². The van der Waals surface area contributed by atoms with Crippen molar-refractivity contribution in [2.24, 2.45) is 17.4 Å². The summed E-state index contributed by atoms with van der Waals surface area (Å²) in [5.74, 6) is -4.97. The van der Waals surface area contributed by atoms with Crippen molar-refractivity contribution in [3.05, 3.63) is 0 Å². The molecule has 0 rings (SSSR count). The van der Waals surface area contributed by atoms with E-state index >= 15 is 0 Å². The van der Waals surface area contributed by atoms with Crippen molar-refractivity contribution in [3.63, 3.8) is 0 Å². The minimum atomic E-state index is -1.35. The fourth-order valence-electron chi connectivity index (χ4n) is 2.08. The fraction of sp³-hybridized carbons (Fsp3) is 0.667. The largest absolute Gasteiger partial charge is 0.481 e. The Kier molecular flexibility index (Phi) is 9.89. The van der Waals surface area contributed by atoms with Gasteiger partial charge in [-0.3, -0.25) is 19.2 Å². The highest BCUT2D eigenvalue weighted by Crippen LogP contribution is 2.07. The number of primary amides is 1. The second-order valence-corrected chi connectivity index (χ2v) is 6.30. The SMILES string of the molecule is CC(C)C[C@H](NC(=O)[C@@H](N)CC(=O)O)C(=O)N[C@@H](CCC(N)=O)C(=O)O. The zero-order valence-electron chi connectivity index (χ0n) is 14.7. The summed E-state index contributed by atoms with van der Waals surface area (Å²) in [5.41, 5.74) is 10.4. The molecule has 26 heavy (non-hydrogen) atoms. The number of carbonyl (C=O) groups is 5. The van der Waals surface area contributed by atoms with Crippen LogP contribution in [0.3, 0.4) is 0 Å². The van der Waals surface area contributed by atoms with Gasteiger partial charge in [-0.1, -0.05) is 13.8 Å². The van der Waals surface area contributed by atoms with Crippen LogP contribution >= 0.6 is 0 Å². The van der Waals surface area contributed by atoms with E-state index in [0.717, 1.165) is 0 Å². The standard InChI is InChI=1S/C15H26N4O7/c1-7(2)5-10(19-13(23)8(16)6-12(21)22)14(24)18-9(15(25)26)3-4-11(17)20/h7-10H,3-6,16H2,1-2H3,(H2,17,20)(H,18,24)(H,19,23)(H,21,22)(H,25,26)/t8-,9-,10-/m0/s1. The maximum Gasteiger partial charge on any atom is 0.326 e. The van der Waals surface area contributed by atoms with Crippen LogP contribution in [0.4, 0.5) is 0 Å². The van der Waals surface area contributed by atoms with Gasteiger partial charge in [0, 0.05) is 6.42 Å². The topological polar surface area (TPSA) is 202 Å². The first-order valence-corrected chi connectivity index (χ1v) is 8.03. The zero-order valence-corrected chi connectivity index (χ0v) is 14.7. The molecule has 0 unspecified atom stereocenters. The second-order valence-electron chi connectivity index (χ2n) is 6.30. The van der Waals surface area contributed by atoms with E-state index in [1.807, 2.05) is 0 Å². The molecule has 11 heteroatoms. The van der Waals surface area contributed by atoms with Crippen molar-refractivity contribution in [2.45, 2.75) is 57.7 Å². The Balaban J connectivity index is 5.05. The van der Waals surface area contributed by atoms with Gasteiger partial charge in [-0.25, -0.2) is 4.79 Å². The Morgan fingerprint density at radius 2 is 1.50 bits per heavy atom. The summed E-state index contributed by atoms with van der Waals surface area (Å²) < 4.78 is 0. The first-order chi connectivity index (χ1) is 11.9. The number of carbonyl (C=O) groups excluding carboxylic acids is 3. The van der Waals surface area contributed by atoms with E-state index in [4.69, 9.17) is 21.7 Å². The molecule has 0 bridgehead atoms. The van der Waals surface area contributed by atoms with E-state index in [1.165, 1.54) is 0 Å². The molecule has 0 heterocycles. The number of hydrogen-bond donors (Lipinski definition) is 6. The summed E-state index contributed by atoms with van der Waals surface area (Å²) in [6, 6.07) is -3.80. The van der Waals surface area contributed by atoms with Gasteiger partial charge in [0.15, 0.2) is 0 Å². The van der Waals surface area contributed by atoms with Crippen LogP contribution in [0, 0.1) is 5.92 Å². The van der Waals surface area contributed by atoms with Gasteiger partial charge in [0.2, 0.25) is 17.7 Å². The Hall–Kier alpha value is -2.69. The summed E-state index contributed by atoms with van der Waals surface area (Å²) >= 11 is 0. The molecule has 8 N–H and O–H groups in total. The molecule has 0 aliphatic rings. The predicted octanol–water partition coefficient (Wildman–Crippen LogP) is -1.85. The monoisotopic (exact) mass is 374 g/mol. The van der Waals surface area contributed by atoms with Crippen LogP contribution in [0.15, 0.2) is 0 Å². The Bertz CT molecular complexity index is 550. The second kappa shape index (κ2) is 11.0. The van der Waals surface area contributed by atoms with Gasteiger partial charge in [0.1, 0.15) is 12.1 Å². The van der Waals surface area contributed by atoms with E-state index in [-0.39, 0.29) is 25.2 Å². The van der Waals surface area contributed by atoms with Crippen molar-refractivity contribution in [1.29, 1.82) is 0 Å². The summed E-state index contributed by atoms with van der Waals surface area (Å²) in [7, 11) is 0. The van der Waals surface area contributed by atoms with Crippen molar-refractivity contribution in [1.82, 2.24) is 10.6 Å². The minimum Gasteiger partial charge on any atom is -0.481 e. The van der Waals surface area contributed by atoms with Gasteiger partial charge in [0.25, 0.3) is 0 Å². The molecule has 0 spiro atoms. The molecule has 0 saturated carbocycles. The number of hydrogen-bond acceptors (Lipinski definition) is 6. The van der Waals surface area contributed by atoms with E-state index in [1.54, 1.807) is 13.8 Å². The molecule has 0 fully saturated rings. The number of amides is 3. The lowest BCUT2D eigenvalue weighted by Crippen LogP contribution is -2.55. The lowest BCUT2D eigenvalue weighted by atomic mass is 10.0. The minimum absolute atomic E-state index is 0.0318. The summed E-state index contributed by atoms with van der Waals surface area (Å²) in [6.45, 7) is 3.57. The van der Waals surface area contributed by atoms with E-state index < -0.39 is 54.2 Å². The number of carboxylic acid groups (broad SMARTS) is 2. The molecule has 0 aromatic rings. The molecular formula is C15H26N4O7. The summed E-state index contributed by atoms with van der Waals surface area (Å²) in [6.07, 6.45) is -0.864. The molecule has 0 aliphatic carbocycles. The average molecular weight is 374 g/mol. The van der Waals surface area contributed by atoms with E-state index in [0.29, 0.717) is 0 Å². The molecule has 148 valence electrons. The molecule has 0 saturated heterocycles. The average Bonchev–Trinajstić information content (AvgIpc) is 2.48. The van der Waals surface area contributed by atoms with Crippen LogP contribution in [0.1, 0.15) is 39.5 Å². The van der Waals surface area contributed by atoms with Crippen LogP contribution in [-0.2, 0) is 24.0 Å². The maximum absolute atomic E-state index is 12.4. The summed E-state index contributed by atoms with van der Waals surface area (Å²) in [4.78, 5) is 56.9. The fourth-order valence-corrected chi connectivity index (χ4v) is 2.08. The number of carboxylic acids is 2. The molecule has 3 amide bonds. The molecular weight excluding hydrogens is 348 g/mol. The van der Waals surface area contributed by atoms with Gasteiger partial charge in [-0.05, 0) is 18.8 Å². The van der Waals surface area contributed by atoms with E-state index in [2.05, 4.69) is 10.6 Å². The quantitative estimate of drug-likeness (QED) is 0.228. The van der Waals surface area contributed by atoms with Crippen molar-refractivity contribution in [2.75, 3.05) is 0 Å². The lowest BCUT2D eigenvalue weighted by molar-refractivity contribution is -0.143. The Morgan fingerprint density at radius 3 is 1.92 bits per heavy atom. The number of nitrogens with one attached hydrogen (secondary N) is 2. The third kappa shape index (κ3) is 9.57. The Morgan fingerprint density at radius 1 is 0.962 bits per heavy atom. The van der Waals surface area contributed by atoms with Crippen LogP contribution in [0.2, 0.25) is 0 Å². The van der Waals surface area contributed by atoms with Crippen molar-refractivity contribution >= 4 is 29.7 Å². The number of nitrogens with two attached hydrogens (primary N) is 2. The number of aliphatic carboxylic acids is 2. The van der Waals surface area contributed by atoms with Gasteiger partial charge >= 0.3 is 11.9 Å². The zero-order chi connectivity index (χ0) is 20.4. The normalized spacial score (nSPS) is 14.2. The van der Waals surface area contributed by atoms with Crippen LogP contribution in [-0.4, -0.2) is 58.0 Å². The highest BCUT2D eigenvalue weighted by Gasteiger charge is 2.29. The van der Waals surface area contributed by atoms with Crippen LogP contribution < -0.4 is 22.1 Å². The molecule has 0 radical (unpaired) electrons. The number of rotatable bonds is 12. The molecule has 11 nitrogen and oxygen atoms in total. The van der Waals surface area contributed by atoms with Gasteiger partial charge in [0.05, 0.1) is 12.5 Å². The first kappa shape index (κ1) is 23.3. The van der Waals surface area contributed by atoms with E-state index in [9.17, 15) is 24.0 Å². The molecule has 0 aliphatic heterocycles. The lowest BCUT2D eigenvalue weighted by Gasteiger charge is -2.23. The van der Waals surface area contributed by atoms with Gasteiger partial charge in [-0.2, -0.15) is 0 Å². The molecule has 3 atom stereocenters. The molecule has 0 aromatic carbocycles. The smallest absolute Gasteiger partial charge is 0.326 e. The third-order valence-electron chi connectivity index (χ3n) is 3.37. The Labute approximate surface area is 150 Å².